The van der Waals surface area contributed by atoms with E-state index in [0.717, 1.165) is 66.0 Å². The summed E-state index contributed by atoms with van der Waals surface area (Å²) in [6.07, 6.45) is 0. The van der Waals surface area contributed by atoms with Crippen LogP contribution in [0.4, 0.5) is 0 Å². The highest BCUT2D eigenvalue weighted by Crippen LogP contribution is 2.40. The van der Waals surface area contributed by atoms with Gasteiger partial charge in [0.15, 0.2) is 19.7 Å². The minimum Gasteiger partial charge on any atom is -0.456 e. The molecule has 0 saturated heterocycles. The van der Waals surface area contributed by atoms with Crippen molar-refractivity contribution in [2.75, 3.05) is 0 Å². The Labute approximate surface area is 365 Å². The summed E-state index contributed by atoms with van der Waals surface area (Å²) >= 11 is 0. The van der Waals surface area contributed by atoms with E-state index in [1.165, 1.54) is 20.7 Å². The van der Waals surface area contributed by atoms with Crippen LogP contribution in [0.5, 0.6) is 0 Å². The van der Waals surface area contributed by atoms with Gasteiger partial charge in [0.1, 0.15) is 11.2 Å². The molecule has 0 saturated carbocycles. The molecular formula is C57H38N4OSi. The molecule has 296 valence electrons. The van der Waals surface area contributed by atoms with Gasteiger partial charge >= 0.3 is 0 Å². The van der Waals surface area contributed by atoms with Crippen molar-refractivity contribution in [3.63, 3.8) is 0 Å². The molecule has 63 heavy (non-hydrogen) atoms. The number of para-hydroxylation sites is 2. The molecule has 5 nitrogen and oxygen atoms in total. The molecule has 0 radical (unpaired) electrons. The van der Waals surface area contributed by atoms with Gasteiger partial charge in [0.2, 0.25) is 5.95 Å². The number of benzene rings is 9. The zero-order valence-electron chi connectivity index (χ0n) is 34.1. The van der Waals surface area contributed by atoms with Crippen LogP contribution in [-0.4, -0.2) is 27.6 Å². The van der Waals surface area contributed by atoms with Crippen LogP contribution >= 0.6 is 0 Å². The fourth-order valence-electron chi connectivity index (χ4n) is 9.64. The fraction of sp³-hybridized carbons (Fsp3) is 0. The van der Waals surface area contributed by atoms with E-state index in [9.17, 15) is 0 Å². The van der Waals surface area contributed by atoms with Crippen molar-refractivity contribution in [2.45, 2.75) is 0 Å². The highest BCUT2D eigenvalue weighted by Gasteiger charge is 2.41. The molecule has 3 aromatic heterocycles. The van der Waals surface area contributed by atoms with E-state index in [0.29, 0.717) is 17.6 Å². The van der Waals surface area contributed by atoms with Gasteiger partial charge in [-0.1, -0.05) is 200 Å². The molecule has 6 heteroatoms. The molecule has 12 aromatic rings. The van der Waals surface area contributed by atoms with E-state index >= 15 is 0 Å². The SMILES string of the molecule is c1ccc(-c2nc(-c3cccc([Si](c4ccccc4)(c4ccccc4)c4ccccc4)c3)nc(-n3c4ccccc4c4c(-c5ccc6oc7ccccc7c6c5)cccc43)n2)cc1. The highest BCUT2D eigenvalue weighted by atomic mass is 28.3. The van der Waals surface area contributed by atoms with Crippen LogP contribution in [0, 0.1) is 0 Å². The van der Waals surface area contributed by atoms with E-state index in [4.69, 9.17) is 19.4 Å². The molecule has 0 fully saturated rings. The smallest absolute Gasteiger partial charge is 0.238 e. The quantitative estimate of drug-likeness (QED) is 0.113. The average Bonchev–Trinajstić information content (AvgIpc) is 3.91. The molecule has 0 N–H and O–H groups in total. The molecule has 0 aliphatic carbocycles. The predicted molar refractivity (Wildman–Crippen MR) is 261 cm³/mol. The lowest BCUT2D eigenvalue weighted by molar-refractivity contribution is 0.669. The van der Waals surface area contributed by atoms with Gasteiger partial charge in [0.25, 0.3) is 0 Å². The van der Waals surface area contributed by atoms with Gasteiger partial charge in [-0.05, 0) is 62.2 Å². The molecule has 9 aromatic carbocycles. The molecule has 12 rings (SSSR count). The molecule has 0 unspecified atom stereocenters. The first-order valence-corrected chi connectivity index (χ1v) is 23.3. The number of rotatable bonds is 8. The van der Waals surface area contributed by atoms with Gasteiger partial charge < -0.3 is 4.42 Å². The molecule has 0 aliphatic rings. The number of furan rings is 1. The van der Waals surface area contributed by atoms with Crippen molar-refractivity contribution >= 4 is 72.6 Å². The molecular weight excluding hydrogens is 785 g/mol. The van der Waals surface area contributed by atoms with Crippen LogP contribution in [-0.2, 0) is 0 Å². The van der Waals surface area contributed by atoms with Crippen LogP contribution in [0.15, 0.2) is 235 Å². The van der Waals surface area contributed by atoms with E-state index in [-0.39, 0.29) is 0 Å². The normalized spacial score (nSPS) is 11.8. The van der Waals surface area contributed by atoms with Gasteiger partial charge in [-0.15, -0.1) is 0 Å². The van der Waals surface area contributed by atoms with Gasteiger partial charge in [0, 0.05) is 32.7 Å². The summed E-state index contributed by atoms with van der Waals surface area (Å²) in [4.78, 5) is 16.0. The maximum atomic E-state index is 6.23. The van der Waals surface area contributed by atoms with E-state index in [1.54, 1.807) is 0 Å². The number of nitrogens with zero attached hydrogens (tertiary/aromatic N) is 4. The van der Waals surface area contributed by atoms with Gasteiger partial charge in [-0.2, -0.15) is 9.97 Å². The Morgan fingerprint density at radius 1 is 0.349 bits per heavy atom. The second-order valence-electron chi connectivity index (χ2n) is 15.9. The lowest BCUT2D eigenvalue weighted by Crippen LogP contribution is -2.74. The molecule has 0 aliphatic heterocycles. The Kier molecular flexibility index (Phi) is 8.76. The molecule has 0 bridgehead atoms. The van der Waals surface area contributed by atoms with E-state index in [1.807, 2.05) is 30.3 Å². The molecule has 0 atom stereocenters. The molecule has 3 heterocycles. The third-order valence-electron chi connectivity index (χ3n) is 12.4. The van der Waals surface area contributed by atoms with E-state index < -0.39 is 8.07 Å². The van der Waals surface area contributed by atoms with Crippen molar-refractivity contribution in [2.24, 2.45) is 0 Å². The first kappa shape index (κ1) is 36.6. The predicted octanol–water partition coefficient (Wildman–Crippen LogP) is 11.2. The van der Waals surface area contributed by atoms with Crippen LogP contribution in [0.25, 0.3) is 83.6 Å². The van der Waals surface area contributed by atoms with Crippen LogP contribution in [0.3, 0.4) is 0 Å². The summed E-state index contributed by atoms with van der Waals surface area (Å²) in [5, 5.41) is 9.63. The van der Waals surface area contributed by atoms with Crippen LogP contribution < -0.4 is 20.7 Å². The van der Waals surface area contributed by atoms with Crippen molar-refractivity contribution in [3.8, 4) is 39.9 Å². The zero-order valence-corrected chi connectivity index (χ0v) is 35.1. The summed E-state index contributed by atoms with van der Waals surface area (Å²) < 4.78 is 8.43. The lowest BCUT2D eigenvalue weighted by Gasteiger charge is -2.34. The zero-order chi connectivity index (χ0) is 41.7. The maximum absolute atomic E-state index is 6.23. The highest BCUT2D eigenvalue weighted by molar-refractivity contribution is 7.19. The average molecular weight is 823 g/mol. The lowest BCUT2D eigenvalue weighted by atomic mass is 9.98. The third-order valence-corrected chi connectivity index (χ3v) is 17.2. The first-order chi connectivity index (χ1) is 31.2. The van der Waals surface area contributed by atoms with E-state index in [2.05, 4.69) is 205 Å². The third kappa shape index (κ3) is 6.03. The van der Waals surface area contributed by atoms with Gasteiger partial charge in [0.05, 0.1) is 11.0 Å². The number of aromatic nitrogens is 4. The van der Waals surface area contributed by atoms with Crippen LogP contribution in [0.1, 0.15) is 0 Å². The Bertz CT molecular complexity index is 3530. The summed E-state index contributed by atoms with van der Waals surface area (Å²) in [5.74, 6) is 1.77. The summed E-state index contributed by atoms with van der Waals surface area (Å²) in [5.41, 5.74) is 7.88. The van der Waals surface area contributed by atoms with Crippen molar-refractivity contribution in [1.29, 1.82) is 0 Å². The molecule has 0 amide bonds. The number of hydrogen-bond donors (Lipinski definition) is 0. The second-order valence-corrected chi connectivity index (χ2v) is 19.7. The first-order valence-electron chi connectivity index (χ1n) is 21.3. The minimum atomic E-state index is -2.83. The fourth-order valence-corrected chi connectivity index (χ4v) is 14.4. The maximum Gasteiger partial charge on any atom is 0.238 e. The monoisotopic (exact) mass is 822 g/mol. The van der Waals surface area contributed by atoms with Crippen molar-refractivity contribution in [1.82, 2.24) is 19.5 Å². The van der Waals surface area contributed by atoms with Crippen molar-refractivity contribution in [3.05, 3.63) is 231 Å². The number of fused-ring (bicyclic) bond motifs is 6. The summed E-state index contributed by atoms with van der Waals surface area (Å²) in [6, 6.07) is 82.0. The molecule has 0 spiro atoms. The second kappa shape index (κ2) is 15.1. The van der Waals surface area contributed by atoms with Gasteiger partial charge in [-0.3, -0.25) is 4.57 Å². The Hall–Kier alpha value is -8.19. The van der Waals surface area contributed by atoms with Crippen molar-refractivity contribution < 1.29 is 4.42 Å². The number of hydrogen-bond acceptors (Lipinski definition) is 4. The van der Waals surface area contributed by atoms with Gasteiger partial charge in [-0.25, -0.2) is 4.98 Å². The minimum absolute atomic E-state index is 0.557. The largest absolute Gasteiger partial charge is 0.456 e. The Morgan fingerprint density at radius 2 is 0.873 bits per heavy atom. The topological polar surface area (TPSA) is 56.7 Å². The Balaban J connectivity index is 1.09. The van der Waals surface area contributed by atoms with Crippen LogP contribution in [0.2, 0.25) is 0 Å². The summed E-state index contributed by atoms with van der Waals surface area (Å²) in [6.45, 7) is 0. The Morgan fingerprint density at radius 3 is 1.57 bits per heavy atom. The standard InChI is InChI=1S/C57H38N4OSi/c1-5-19-39(20-6-1)55-58-56(41-21-17-28-45(37-41)63(42-22-7-2-8-23-42,43-24-9-3-10-25-43)44-26-11-4-12-27-44)60-57(59-55)61-50-32-15-13-30-48(50)54-46(31-18-33-51(54)61)40-35-36-53-49(38-40)47-29-14-16-34-52(47)62-53/h1-38H. The summed E-state index contributed by atoms with van der Waals surface area (Å²) in [7, 11) is -2.83.